The largest absolute Gasteiger partial charge is 0.444 e. The van der Waals surface area contributed by atoms with Gasteiger partial charge in [0.2, 0.25) is 5.91 Å². The topological polar surface area (TPSA) is 87.7 Å². The maximum atomic E-state index is 12.6. The highest BCUT2D eigenvalue weighted by Crippen LogP contribution is 2.12. The molecule has 0 radical (unpaired) electrons. The molecule has 6 heteroatoms. The lowest BCUT2D eigenvalue weighted by molar-refractivity contribution is -0.124. The number of rotatable bonds is 7. The molecule has 25 heavy (non-hydrogen) atoms. The fourth-order valence-electron chi connectivity index (χ4n) is 2.31. The second-order valence-corrected chi connectivity index (χ2v) is 7.15. The molecule has 0 spiro atoms. The quantitative estimate of drug-likeness (QED) is 0.705. The Balaban J connectivity index is 2.75. The molecule has 0 aromatic heterocycles. The summed E-state index contributed by atoms with van der Waals surface area (Å²) in [5.74, 6) is -0.312. The lowest BCUT2D eigenvalue weighted by Gasteiger charge is -2.26. The maximum Gasteiger partial charge on any atom is 0.408 e. The van der Waals surface area contributed by atoms with E-state index in [0.717, 1.165) is 17.5 Å². The summed E-state index contributed by atoms with van der Waals surface area (Å²) in [6, 6.07) is 6.67. The lowest BCUT2D eigenvalue weighted by atomic mass is 9.98. The minimum atomic E-state index is -0.680. The minimum absolute atomic E-state index is 0.0411. The number of alkyl carbamates (subject to hydrolysis) is 1. The van der Waals surface area contributed by atoms with E-state index in [1.807, 2.05) is 38.1 Å². The molecule has 0 heterocycles. The fraction of sp³-hybridized carbons (Fsp3) is 0.579. The number of ether oxygens (including phenoxy) is 1. The monoisotopic (exact) mass is 350 g/mol. The Labute approximate surface area is 150 Å². The highest BCUT2D eigenvalue weighted by molar-refractivity contribution is 5.86. The van der Waals surface area contributed by atoms with Gasteiger partial charge in [-0.2, -0.15) is 0 Å². The van der Waals surface area contributed by atoms with Crippen LogP contribution in [0.25, 0.3) is 0 Å². The van der Waals surface area contributed by atoms with Crippen molar-refractivity contribution in [3.63, 3.8) is 0 Å². The molecule has 1 aromatic carbocycles. The maximum absolute atomic E-state index is 12.6. The Hall–Kier alpha value is -2.08. The second kappa shape index (κ2) is 9.42. The van der Waals surface area contributed by atoms with Crippen molar-refractivity contribution in [1.29, 1.82) is 0 Å². The molecule has 0 aliphatic carbocycles. The molecule has 1 rings (SSSR count). The molecule has 0 saturated carbocycles. The molecular weight excluding hydrogens is 320 g/mol. The third kappa shape index (κ3) is 7.13. The molecule has 6 nitrogen and oxygen atoms in total. The van der Waals surface area contributed by atoms with E-state index in [1.54, 1.807) is 20.8 Å². The number of amides is 2. The van der Waals surface area contributed by atoms with Gasteiger partial charge in [0.25, 0.3) is 0 Å². The van der Waals surface area contributed by atoms with Gasteiger partial charge in [-0.1, -0.05) is 44.5 Å². The Morgan fingerprint density at radius 2 is 1.80 bits per heavy atom. The summed E-state index contributed by atoms with van der Waals surface area (Å²) in [5.41, 5.74) is 0.988. The van der Waals surface area contributed by atoms with Crippen molar-refractivity contribution in [3.05, 3.63) is 35.4 Å². The van der Waals surface area contributed by atoms with Crippen molar-refractivity contribution >= 4 is 12.0 Å². The molecule has 1 aromatic rings. The summed E-state index contributed by atoms with van der Waals surface area (Å²) in [4.78, 5) is 24.6. The minimum Gasteiger partial charge on any atom is -0.444 e. The van der Waals surface area contributed by atoms with E-state index in [-0.39, 0.29) is 18.4 Å². The second-order valence-electron chi connectivity index (χ2n) is 7.15. The predicted octanol–water partition coefficient (Wildman–Crippen LogP) is 2.73. The average molecular weight is 350 g/mol. The summed E-state index contributed by atoms with van der Waals surface area (Å²) >= 11 is 0. The third-order valence-corrected chi connectivity index (χ3v) is 3.91. The van der Waals surface area contributed by atoms with Crippen LogP contribution in [0, 0.1) is 5.92 Å². The molecule has 0 fully saturated rings. The van der Waals surface area contributed by atoms with Gasteiger partial charge in [-0.3, -0.25) is 4.79 Å². The normalized spacial score (nSPS) is 13.7. The van der Waals surface area contributed by atoms with Gasteiger partial charge >= 0.3 is 6.09 Å². The predicted molar refractivity (Wildman–Crippen MR) is 96.8 cm³/mol. The summed E-state index contributed by atoms with van der Waals surface area (Å²) in [6.45, 7) is 9.39. The first-order valence-corrected chi connectivity index (χ1v) is 8.62. The number of benzene rings is 1. The number of hydrogen-bond donors (Lipinski definition) is 3. The van der Waals surface area contributed by atoms with Crippen LogP contribution in [0.2, 0.25) is 0 Å². The van der Waals surface area contributed by atoms with Crippen LogP contribution >= 0.6 is 0 Å². The molecule has 0 unspecified atom stereocenters. The fourth-order valence-corrected chi connectivity index (χ4v) is 2.31. The van der Waals surface area contributed by atoms with Gasteiger partial charge in [-0.15, -0.1) is 0 Å². The first-order chi connectivity index (χ1) is 11.7. The van der Waals surface area contributed by atoms with Crippen molar-refractivity contribution in [2.75, 3.05) is 0 Å². The van der Waals surface area contributed by atoms with Crippen molar-refractivity contribution in [2.45, 2.75) is 65.8 Å². The van der Waals surface area contributed by atoms with Gasteiger partial charge in [0.05, 0.1) is 6.61 Å². The lowest BCUT2D eigenvalue weighted by Crippen LogP contribution is -2.51. The Kier molecular flexibility index (Phi) is 7.90. The van der Waals surface area contributed by atoms with Gasteiger partial charge in [0.1, 0.15) is 11.6 Å². The summed E-state index contributed by atoms with van der Waals surface area (Å²) in [6.07, 6.45) is 0.130. The van der Waals surface area contributed by atoms with E-state index in [9.17, 15) is 14.7 Å². The van der Waals surface area contributed by atoms with Crippen LogP contribution in [0.5, 0.6) is 0 Å². The van der Waals surface area contributed by atoms with Crippen LogP contribution in [0.1, 0.15) is 52.2 Å². The zero-order valence-electron chi connectivity index (χ0n) is 15.8. The molecule has 3 N–H and O–H groups in total. The Bertz CT molecular complexity index is 581. The first kappa shape index (κ1) is 21.0. The van der Waals surface area contributed by atoms with Crippen molar-refractivity contribution in [1.82, 2.24) is 10.6 Å². The van der Waals surface area contributed by atoms with Crippen molar-refractivity contribution in [2.24, 2.45) is 5.92 Å². The molecule has 0 bridgehead atoms. The van der Waals surface area contributed by atoms with Crippen molar-refractivity contribution < 1.29 is 19.4 Å². The molecular formula is C19H30N2O4. The zero-order chi connectivity index (χ0) is 19.0. The van der Waals surface area contributed by atoms with Crippen LogP contribution in [0.4, 0.5) is 4.79 Å². The standard InChI is InChI=1S/C19H30N2O4/c1-6-13(2)16(21-18(24)25-19(3,4)5)17(23)20-11-14-9-7-8-10-15(14)12-22/h7-10,13,16,22H,6,11-12H2,1-5H3,(H,20,23)(H,21,24)/t13-,16+/m1/s1. The van der Waals surface area contributed by atoms with E-state index in [4.69, 9.17) is 4.74 Å². The van der Waals surface area contributed by atoms with Gasteiger partial charge in [-0.25, -0.2) is 4.79 Å². The first-order valence-electron chi connectivity index (χ1n) is 8.62. The molecule has 2 atom stereocenters. The number of nitrogens with one attached hydrogen (secondary N) is 2. The van der Waals surface area contributed by atoms with Crippen LogP contribution in [-0.2, 0) is 22.7 Å². The van der Waals surface area contributed by atoms with E-state index < -0.39 is 17.7 Å². The number of carbonyl (C=O) groups excluding carboxylic acids is 2. The van der Waals surface area contributed by atoms with Crippen molar-refractivity contribution in [3.8, 4) is 0 Å². The van der Waals surface area contributed by atoms with E-state index >= 15 is 0 Å². The molecule has 0 saturated heterocycles. The SMILES string of the molecule is CC[C@@H](C)[C@H](NC(=O)OC(C)(C)C)C(=O)NCc1ccccc1CO. The highest BCUT2D eigenvalue weighted by atomic mass is 16.6. The number of hydrogen-bond acceptors (Lipinski definition) is 4. The Morgan fingerprint density at radius 1 is 1.20 bits per heavy atom. The number of aliphatic hydroxyl groups excluding tert-OH is 1. The third-order valence-electron chi connectivity index (χ3n) is 3.91. The Morgan fingerprint density at radius 3 is 2.32 bits per heavy atom. The van der Waals surface area contributed by atoms with Gasteiger partial charge in [0.15, 0.2) is 0 Å². The van der Waals surface area contributed by atoms with Gasteiger partial charge in [-0.05, 0) is 37.8 Å². The van der Waals surface area contributed by atoms with Crippen LogP contribution < -0.4 is 10.6 Å². The van der Waals surface area contributed by atoms with E-state index in [2.05, 4.69) is 10.6 Å². The van der Waals surface area contributed by atoms with Gasteiger partial charge < -0.3 is 20.5 Å². The smallest absolute Gasteiger partial charge is 0.408 e. The van der Waals surface area contributed by atoms with Gasteiger partial charge in [0, 0.05) is 6.54 Å². The molecule has 0 aliphatic rings. The molecule has 140 valence electrons. The molecule has 2 amide bonds. The molecule has 0 aliphatic heterocycles. The summed E-state index contributed by atoms with van der Waals surface area (Å²) in [5, 5.41) is 14.9. The summed E-state index contributed by atoms with van der Waals surface area (Å²) in [7, 11) is 0. The summed E-state index contributed by atoms with van der Waals surface area (Å²) < 4.78 is 5.25. The van der Waals surface area contributed by atoms with E-state index in [1.165, 1.54) is 0 Å². The highest BCUT2D eigenvalue weighted by Gasteiger charge is 2.28. The van der Waals surface area contributed by atoms with Crippen LogP contribution in [-0.4, -0.2) is 28.7 Å². The zero-order valence-corrected chi connectivity index (χ0v) is 15.8. The van der Waals surface area contributed by atoms with Crippen LogP contribution in [0.3, 0.4) is 0 Å². The number of carbonyl (C=O) groups is 2. The average Bonchev–Trinajstić information content (AvgIpc) is 2.55. The number of aliphatic hydroxyl groups is 1. The van der Waals surface area contributed by atoms with Crippen LogP contribution in [0.15, 0.2) is 24.3 Å². The van der Waals surface area contributed by atoms with E-state index in [0.29, 0.717) is 6.54 Å².